The van der Waals surface area contributed by atoms with Gasteiger partial charge >= 0.3 is 0 Å². The molecule has 0 fully saturated rings. The van der Waals surface area contributed by atoms with Crippen LogP contribution in [0.3, 0.4) is 0 Å². The van der Waals surface area contributed by atoms with Crippen molar-refractivity contribution in [2.75, 3.05) is 13.4 Å². The van der Waals surface area contributed by atoms with E-state index in [0.717, 1.165) is 11.3 Å². The molecule has 0 heterocycles. The normalized spacial score (nSPS) is 11.0. The Bertz CT molecular complexity index is 413. The molecule has 0 N–H and O–H groups in total. The summed E-state index contributed by atoms with van der Waals surface area (Å²) in [6, 6.07) is 7.62. The van der Waals surface area contributed by atoms with Gasteiger partial charge in [-0.2, -0.15) is 5.26 Å². The highest BCUT2D eigenvalue weighted by Gasteiger charge is 2.19. The summed E-state index contributed by atoms with van der Waals surface area (Å²) in [6.45, 7) is 9.07. The van der Waals surface area contributed by atoms with Crippen LogP contribution in [0.25, 0.3) is 0 Å². The van der Waals surface area contributed by atoms with Crippen LogP contribution in [0.2, 0.25) is 0 Å². The highest BCUT2D eigenvalue weighted by Crippen LogP contribution is 2.32. The van der Waals surface area contributed by atoms with Gasteiger partial charge in [0, 0.05) is 12.2 Å². The minimum atomic E-state index is -0.0611. The Labute approximate surface area is 103 Å². The van der Waals surface area contributed by atoms with Crippen LogP contribution in [0.1, 0.15) is 38.8 Å². The predicted octanol–water partition coefficient (Wildman–Crippen LogP) is 3.23. The molecule has 0 unspecified atom stereocenters. The molecule has 0 atom stereocenters. The van der Waals surface area contributed by atoms with Crippen molar-refractivity contribution in [2.24, 2.45) is 0 Å². The van der Waals surface area contributed by atoms with Crippen LogP contribution in [0.4, 0.5) is 0 Å². The maximum Gasteiger partial charge on any atom is 0.189 e. The van der Waals surface area contributed by atoms with Crippen molar-refractivity contribution in [3.63, 3.8) is 0 Å². The lowest BCUT2D eigenvalue weighted by Gasteiger charge is -2.22. The number of hydrogen-bond donors (Lipinski definition) is 0. The third kappa shape index (κ3) is 3.76. The average molecular weight is 233 g/mol. The summed E-state index contributed by atoms with van der Waals surface area (Å²) in [5.41, 5.74) is 1.61. The molecule has 0 radical (unpaired) electrons. The van der Waals surface area contributed by atoms with E-state index < -0.39 is 0 Å². The van der Waals surface area contributed by atoms with E-state index in [0.29, 0.717) is 12.2 Å². The smallest absolute Gasteiger partial charge is 0.189 e. The summed E-state index contributed by atoms with van der Waals surface area (Å²) in [5, 5.41) is 8.92. The molecule has 0 aliphatic carbocycles. The van der Waals surface area contributed by atoms with Crippen molar-refractivity contribution in [3.05, 3.63) is 29.3 Å². The van der Waals surface area contributed by atoms with Crippen molar-refractivity contribution >= 4 is 0 Å². The molecule has 1 aromatic rings. The van der Waals surface area contributed by atoms with E-state index in [-0.39, 0.29) is 12.2 Å². The van der Waals surface area contributed by atoms with Crippen molar-refractivity contribution in [2.45, 2.75) is 33.1 Å². The summed E-state index contributed by atoms with van der Waals surface area (Å²) < 4.78 is 10.7. The number of benzene rings is 1. The van der Waals surface area contributed by atoms with Gasteiger partial charge in [-0.15, -0.1) is 0 Å². The number of ether oxygens (including phenoxy) is 2. The molecule has 3 heteroatoms. The Hall–Kier alpha value is -1.53. The minimum absolute atomic E-state index is 0.0611. The Morgan fingerprint density at radius 3 is 2.53 bits per heavy atom. The van der Waals surface area contributed by atoms with E-state index in [1.165, 1.54) is 0 Å². The Morgan fingerprint density at radius 2 is 2.00 bits per heavy atom. The average Bonchev–Trinajstić information content (AvgIpc) is 2.28. The number of nitriles is 1. The van der Waals surface area contributed by atoms with Gasteiger partial charge in [0.05, 0.1) is 11.6 Å². The fourth-order valence-electron chi connectivity index (χ4n) is 1.50. The molecule has 0 bridgehead atoms. The van der Waals surface area contributed by atoms with E-state index in [9.17, 15) is 0 Å². The number of nitrogens with zero attached hydrogens (tertiary/aromatic N) is 1. The molecule has 0 spiro atoms. The Morgan fingerprint density at radius 1 is 1.29 bits per heavy atom. The summed E-state index contributed by atoms with van der Waals surface area (Å²) in [4.78, 5) is 0. The first-order chi connectivity index (χ1) is 7.99. The third-order valence-electron chi connectivity index (χ3n) is 2.42. The molecule has 1 aromatic carbocycles. The second kappa shape index (κ2) is 5.70. The molecule has 92 valence electrons. The van der Waals surface area contributed by atoms with Crippen molar-refractivity contribution in [1.29, 1.82) is 5.26 Å². The maximum absolute atomic E-state index is 8.92. The number of hydrogen-bond acceptors (Lipinski definition) is 3. The van der Waals surface area contributed by atoms with Gasteiger partial charge in [-0.1, -0.05) is 20.8 Å². The van der Waals surface area contributed by atoms with Crippen LogP contribution in [0, 0.1) is 11.3 Å². The van der Waals surface area contributed by atoms with E-state index >= 15 is 0 Å². The van der Waals surface area contributed by atoms with Gasteiger partial charge in [0.1, 0.15) is 5.75 Å². The Balaban J connectivity index is 3.00. The lowest BCUT2D eigenvalue weighted by molar-refractivity contribution is 0.0214. The predicted molar refractivity (Wildman–Crippen MR) is 67.0 cm³/mol. The first kappa shape index (κ1) is 13.5. The quantitative estimate of drug-likeness (QED) is 0.592. The zero-order valence-electron chi connectivity index (χ0n) is 10.9. The monoisotopic (exact) mass is 233 g/mol. The molecular formula is C14H19NO2. The molecule has 0 aromatic heterocycles. The summed E-state index contributed by atoms with van der Waals surface area (Å²) in [6.07, 6.45) is 0. The molecular weight excluding hydrogens is 214 g/mol. The molecule has 3 nitrogen and oxygen atoms in total. The summed E-state index contributed by atoms with van der Waals surface area (Å²) >= 11 is 0. The number of rotatable bonds is 4. The molecule has 1 rings (SSSR count). The third-order valence-corrected chi connectivity index (χ3v) is 2.42. The van der Waals surface area contributed by atoms with Crippen molar-refractivity contribution < 1.29 is 9.47 Å². The molecule has 0 amide bonds. The zero-order valence-corrected chi connectivity index (χ0v) is 10.9. The zero-order chi connectivity index (χ0) is 12.9. The molecule has 0 aliphatic rings. The van der Waals surface area contributed by atoms with E-state index in [2.05, 4.69) is 26.8 Å². The molecule has 17 heavy (non-hydrogen) atoms. The first-order valence-corrected chi connectivity index (χ1v) is 5.74. The van der Waals surface area contributed by atoms with Crippen molar-refractivity contribution in [3.8, 4) is 11.8 Å². The highest BCUT2D eigenvalue weighted by atomic mass is 16.7. The minimum Gasteiger partial charge on any atom is -0.467 e. The van der Waals surface area contributed by atoms with Gasteiger partial charge in [-0.05, 0) is 30.5 Å². The topological polar surface area (TPSA) is 42.2 Å². The second-order valence-corrected chi connectivity index (χ2v) is 4.83. The largest absolute Gasteiger partial charge is 0.467 e. The maximum atomic E-state index is 8.92. The van der Waals surface area contributed by atoms with Crippen LogP contribution in [-0.4, -0.2) is 13.4 Å². The van der Waals surface area contributed by atoms with E-state index in [1.807, 2.05) is 19.1 Å². The van der Waals surface area contributed by atoms with E-state index in [1.54, 1.807) is 6.07 Å². The van der Waals surface area contributed by atoms with Gasteiger partial charge in [-0.3, -0.25) is 0 Å². The van der Waals surface area contributed by atoms with Gasteiger partial charge < -0.3 is 9.47 Å². The van der Waals surface area contributed by atoms with Crippen LogP contribution in [0.15, 0.2) is 18.2 Å². The highest BCUT2D eigenvalue weighted by molar-refractivity contribution is 5.45. The van der Waals surface area contributed by atoms with Gasteiger partial charge in [0.25, 0.3) is 0 Å². The van der Waals surface area contributed by atoms with Gasteiger partial charge in [0.2, 0.25) is 0 Å². The molecule has 0 saturated heterocycles. The second-order valence-electron chi connectivity index (χ2n) is 4.83. The fourth-order valence-corrected chi connectivity index (χ4v) is 1.50. The van der Waals surface area contributed by atoms with Crippen LogP contribution in [0.5, 0.6) is 5.75 Å². The Kier molecular flexibility index (Phi) is 4.53. The first-order valence-electron chi connectivity index (χ1n) is 5.74. The standard InChI is InChI=1S/C14H19NO2/c1-5-16-10-17-13-7-6-11(9-15)8-12(13)14(2,3)4/h6-8H,5,10H2,1-4H3. The van der Waals surface area contributed by atoms with Gasteiger partial charge in [-0.25, -0.2) is 0 Å². The lowest BCUT2D eigenvalue weighted by Crippen LogP contribution is -2.14. The summed E-state index contributed by atoms with van der Waals surface area (Å²) in [7, 11) is 0. The SMILES string of the molecule is CCOCOc1ccc(C#N)cc1C(C)(C)C. The fraction of sp³-hybridized carbons (Fsp3) is 0.500. The van der Waals surface area contributed by atoms with Crippen LogP contribution >= 0.6 is 0 Å². The molecule has 0 aliphatic heterocycles. The molecule has 0 saturated carbocycles. The van der Waals surface area contributed by atoms with Crippen LogP contribution < -0.4 is 4.74 Å². The van der Waals surface area contributed by atoms with Crippen molar-refractivity contribution in [1.82, 2.24) is 0 Å². The van der Waals surface area contributed by atoms with Gasteiger partial charge in [0.15, 0.2) is 6.79 Å². The van der Waals surface area contributed by atoms with E-state index in [4.69, 9.17) is 14.7 Å². The van der Waals surface area contributed by atoms with Crippen LogP contribution in [-0.2, 0) is 10.2 Å². The summed E-state index contributed by atoms with van der Waals surface area (Å²) in [5.74, 6) is 0.782. The lowest BCUT2D eigenvalue weighted by atomic mass is 9.85.